The zero-order valence-electron chi connectivity index (χ0n) is 42.1. The molecule has 11 heteroatoms. The van der Waals surface area contributed by atoms with Crippen molar-refractivity contribution < 1.29 is 37.0 Å². The van der Waals surface area contributed by atoms with E-state index in [2.05, 4.69) is 143 Å². The van der Waals surface area contributed by atoms with Gasteiger partial charge in [0.2, 0.25) is 16.6 Å². The minimum atomic E-state index is -2.48. The highest BCUT2D eigenvalue weighted by atomic mass is 28.4. The van der Waals surface area contributed by atoms with Crippen molar-refractivity contribution in [3.8, 4) is 11.5 Å². The molecule has 1 fully saturated rings. The summed E-state index contributed by atoms with van der Waals surface area (Å²) < 4.78 is 55.2. The molecule has 1 saturated heterocycles. The molecule has 2 aromatic rings. The van der Waals surface area contributed by atoms with Gasteiger partial charge in [-0.25, -0.2) is 0 Å². The zero-order valence-corrected chi connectivity index (χ0v) is 45.1. The standard InChI is InChI=1S/C50H88O8Si3/c1-33(2)60(34(3)4,35(5)6)55-32-45-49(54-31-42-24-28-44(52-19)29-25-42)47(58-61(36(7)8,37(9)10)38(11)12)39(13)46(56-45)48(40(14)57-59(20,21)50(15,16)17)53-30-41-22-26-43(51-18)27-23-41/h22-29,33-39,45-49H,14,30-32H2,1-13,15-21H3/t39-,45+,46+,47+,48+,49+/m0/s1. The van der Waals surface area contributed by atoms with E-state index in [4.69, 9.17) is 37.0 Å². The van der Waals surface area contributed by atoms with Crippen molar-refractivity contribution in [2.24, 2.45) is 5.92 Å². The molecule has 0 spiro atoms. The highest BCUT2D eigenvalue weighted by Gasteiger charge is 2.56. The predicted octanol–water partition coefficient (Wildman–Crippen LogP) is 13.9. The second-order valence-corrected chi connectivity index (χ2v) is 36.7. The Hall–Kier alpha value is -1.97. The molecule has 61 heavy (non-hydrogen) atoms. The summed E-state index contributed by atoms with van der Waals surface area (Å²) >= 11 is 0. The molecule has 3 rings (SSSR count). The van der Waals surface area contributed by atoms with E-state index >= 15 is 0 Å². The Balaban J connectivity index is 2.31. The number of hydrogen-bond donors (Lipinski definition) is 0. The van der Waals surface area contributed by atoms with E-state index < -0.39 is 49.4 Å². The molecule has 1 aliphatic heterocycles. The van der Waals surface area contributed by atoms with Crippen molar-refractivity contribution in [3.63, 3.8) is 0 Å². The molecule has 0 aromatic heterocycles. The molecule has 0 bridgehead atoms. The van der Waals surface area contributed by atoms with Gasteiger partial charge >= 0.3 is 0 Å². The lowest BCUT2D eigenvalue weighted by atomic mass is 9.85. The minimum absolute atomic E-state index is 0.0482. The fourth-order valence-electron chi connectivity index (χ4n) is 10.1. The normalized spacial score (nSPS) is 21.2. The van der Waals surface area contributed by atoms with Gasteiger partial charge in [-0.1, -0.05) is 142 Å². The Labute approximate surface area is 376 Å². The quantitative estimate of drug-likeness (QED) is 0.0807. The summed E-state index contributed by atoms with van der Waals surface area (Å²) in [7, 11) is -3.76. The molecule has 348 valence electrons. The summed E-state index contributed by atoms with van der Waals surface area (Å²) in [6.45, 7) is 47.5. The smallest absolute Gasteiger partial charge is 0.250 e. The average molecular weight is 902 g/mol. The van der Waals surface area contributed by atoms with E-state index in [0.717, 1.165) is 22.6 Å². The van der Waals surface area contributed by atoms with Gasteiger partial charge in [-0.3, -0.25) is 0 Å². The highest BCUT2D eigenvalue weighted by molar-refractivity contribution is 6.78. The largest absolute Gasteiger partial charge is 0.545 e. The first-order valence-corrected chi connectivity index (χ1v) is 30.3. The Morgan fingerprint density at radius 2 is 1.08 bits per heavy atom. The van der Waals surface area contributed by atoms with Crippen LogP contribution in [0.1, 0.15) is 122 Å². The molecular formula is C50H88O8Si3. The van der Waals surface area contributed by atoms with Crippen LogP contribution in [0.15, 0.2) is 60.9 Å². The van der Waals surface area contributed by atoms with Gasteiger partial charge in [0.15, 0.2) is 8.32 Å². The molecule has 1 heterocycles. The summed E-state index contributed by atoms with van der Waals surface area (Å²) in [4.78, 5) is 0. The predicted molar refractivity (Wildman–Crippen MR) is 261 cm³/mol. The van der Waals surface area contributed by atoms with Crippen LogP contribution in [0.2, 0.25) is 51.4 Å². The van der Waals surface area contributed by atoms with Crippen molar-refractivity contribution in [1.82, 2.24) is 0 Å². The molecule has 1 aliphatic rings. The number of hydrogen-bond acceptors (Lipinski definition) is 8. The van der Waals surface area contributed by atoms with E-state index in [-0.39, 0.29) is 17.1 Å². The molecular weight excluding hydrogens is 813 g/mol. The zero-order chi connectivity index (χ0) is 46.2. The van der Waals surface area contributed by atoms with Gasteiger partial charge in [-0.05, 0) is 86.8 Å². The minimum Gasteiger partial charge on any atom is -0.545 e. The van der Waals surface area contributed by atoms with Crippen LogP contribution in [0.3, 0.4) is 0 Å². The Morgan fingerprint density at radius 1 is 0.656 bits per heavy atom. The van der Waals surface area contributed by atoms with E-state index in [1.807, 2.05) is 36.4 Å². The van der Waals surface area contributed by atoms with Gasteiger partial charge in [0, 0.05) is 5.92 Å². The third kappa shape index (κ3) is 12.4. The van der Waals surface area contributed by atoms with E-state index in [9.17, 15) is 0 Å². The molecule has 6 atom stereocenters. The van der Waals surface area contributed by atoms with Crippen molar-refractivity contribution >= 4 is 25.0 Å². The first-order valence-electron chi connectivity index (χ1n) is 23.1. The number of rotatable bonds is 23. The summed E-state index contributed by atoms with van der Waals surface area (Å²) in [6, 6.07) is 16.2. The summed E-state index contributed by atoms with van der Waals surface area (Å²) in [6.07, 6.45) is -2.28. The summed E-state index contributed by atoms with van der Waals surface area (Å²) in [5.41, 5.74) is 4.36. The van der Waals surface area contributed by atoms with Crippen LogP contribution < -0.4 is 9.47 Å². The first kappa shape index (κ1) is 53.4. The van der Waals surface area contributed by atoms with Crippen LogP contribution in [0.5, 0.6) is 11.5 Å². The van der Waals surface area contributed by atoms with Crippen LogP contribution in [0.4, 0.5) is 0 Å². The third-order valence-corrected chi connectivity index (χ3v) is 30.9. The first-order chi connectivity index (χ1) is 28.3. The molecule has 8 nitrogen and oxygen atoms in total. The van der Waals surface area contributed by atoms with E-state index in [1.165, 1.54) is 0 Å². The summed E-state index contributed by atoms with van der Waals surface area (Å²) in [5, 5.41) is -0.0482. The lowest BCUT2D eigenvalue weighted by Crippen LogP contribution is -2.64. The van der Waals surface area contributed by atoms with Crippen LogP contribution in [-0.4, -0.2) is 76.3 Å². The van der Waals surface area contributed by atoms with Crippen molar-refractivity contribution in [1.29, 1.82) is 0 Å². The Kier molecular flexibility index (Phi) is 19.5. The van der Waals surface area contributed by atoms with Gasteiger partial charge in [0.05, 0.1) is 46.2 Å². The van der Waals surface area contributed by atoms with Crippen molar-refractivity contribution in [2.75, 3.05) is 20.8 Å². The Bertz CT molecular complexity index is 1570. The average Bonchev–Trinajstić information content (AvgIpc) is 3.16. The molecule has 0 unspecified atom stereocenters. The number of methoxy groups -OCH3 is 2. The molecule has 2 aromatic carbocycles. The summed E-state index contributed by atoms with van der Waals surface area (Å²) in [5.74, 6) is 2.05. The fraction of sp³-hybridized carbons (Fsp3) is 0.720. The van der Waals surface area contributed by atoms with Crippen LogP contribution in [0.25, 0.3) is 0 Å². The maximum atomic E-state index is 7.96. The number of ether oxygens (including phenoxy) is 5. The molecule has 0 N–H and O–H groups in total. The van der Waals surface area contributed by atoms with Gasteiger partial charge in [-0.2, -0.15) is 0 Å². The van der Waals surface area contributed by atoms with Gasteiger partial charge < -0.3 is 37.0 Å². The maximum absolute atomic E-state index is 7.96. The Morgan fingerprint density at radius 3 is 1.48 bits per heavy atom. The van der Waals surface area contributed by atoms with E-state index in [1.54, 1.807) is 14.2 Å². The fourth-order valence-corrected chi connectivity index (χ4v) is 22.2. The lowest BCUT2D eigenvalue weighted by molar-refractivity contribution is -0.242. The van der Waals surface area contributed by atoms with Crippen LogP contribution in [-0.2, 0) is 40.7 Å². The monoisotopic (exact) mass is 901 g/mol. The van der Waals surface area contributed by atoms with Crippen molar-refractivity contribution in [2.45, 2.75) is 206 Å². The highest BCUT2D eigenvalue weighted by Crippen LogP contribution is 2.48. The molecule has 0 aliphatic carbocycles. The molecule has 0 amide bonds. The van der Waals surface area contributed by atoms with Crippen molar-refractivity contribution in [3.05, 3.63) is 72.0 Å². The number of benzene rings is 2. The lowest BCUT2D eigenvalue weighted by Gasteiger charge is -2.54. The maximum Gasteiger partial charge on any atom is 0.250 e. The van der Waals surface area contributed by atoms with Gasteiger partial charge in [-0.15, -0.1) is 0 Å². The topological polar surface area (TPSA) is 73.8 Å². The second-order valence-electron chi connectivity index (χ2n) is 21.1. The second kappa shape index (κ2) is 22.3. The van der Waals surface area contributed by atoms with Crippen LogP contribution >= 0.6 is 0 Å². The SMILES string of the molecule is C=C(O[Si](C)(C)C(C)(C)C)[C@@H](OCc1ccc(OC)cc1)[C@@H]1O[C@H](CO[Si](C(C)C)(C(C)C)C(C)C)[C@@H](OCc2ccc(OC)cc2)[C@H](O[Si](C(C)C)(C(C)C)C(C)C)[C@H]1C. The van der Waals surface area contributed by atoms with Gasteiger partial charge in [0.25, 0.3) is 0 Å². The van der Waals surface area contributed by atoms with Gasteiger partial charge in [0.1, 0.15) is 35.6 Å². The third-order valence-electron chi connectivity index (χ3n) is 14.3. The van der Waals surface area contributed by atoms with E-state index in [0.29, 0.717) is 58.8 Å². The molecule has 0 saturated carbocycles. The molecule has 0 radical (unpaired) electrons. The van der Waals surface area contributed by atoms with Crippen LogP contribution in [0, 0.1) is 5.92 Å².